The first-order chi connectivity index (χ1) is 15.1. The Bertz CT molecular complexity index is 727. The van der Waals surface area contributed by atoms with Gasteiger partial charge in [-0.3, -0.25) is 9.59 Å². The van der Waals surface area contributed by atoms with Crippen LogP contribution in [0.1, 0.15) is 85.0 Å². The number of amides is 1. The van der Waals surface area contributed by atoms with Gasteiger partial charge in [0.15, 0.2) is 0 Å². The third-order valence-corrected chi connectivity index (χ3v) is 10.7. The molecule has 0 bridgehead atoms. The molecule has 4 aliphatic carbocycles. The lowest BCUT2D eigenvalue weighted by molar-refractivity contribution is -0.174. The standard InChI is InChI=1S/C26H43NO5/c1-15(4-7-22(30)27-14-23(31)32)18-5-6-19-24-20(9-11-26(18,19)3)25(2)10-8-17(28)12-16(25)13-21(24)29/h15-21,24,28-29H,4-14H2,1-3H3,(H,27,30)(H,31,32)/t15-,16+,17-,18-,19?,20?,21?,24?,25+,26-/m1/s1. The zero-order valence-corrected chi connectivity index (χ0v) is 20.1. The number of nitrogens with one attached hydrogen (secondary N) is 1. The molecule has 1 amide bonds. The van der Waals surface area contributed by atoms with Crippen LogP contribution in [0.5, 0.6) is 0 Å². The summed E-state index contributed by atoms with van der Waals surface area (Å²) in [6, 6.07) is 0. The lowest BCUT2D eigenvalue weighted by Gasteiger charge is -2.62. The van der Waals surface area contributed by atoms with Gasteiger partial charge in [0.2, 0.25) is 5.91 Å². The minimum Gasteiger partial charge on any atom is -0.480 e. The molecule has 4 rings (SSSR count). The first-order valence-corrected chi connectivity index (χ1v) is 12.9. The quantitative estimate of drug-likeness (QED) is 0.496. The Morgan fingerprint density at radius 2 is 1.69 bits per heavy atom. The minimum absolute atomic E-state index is 0.177. The van der Waals surface area contributed by atoms with E-state index in [0.29, 0.717) is 41.9 Å². The van der Waals surface area contributed by atoms with Gasteiger partial charge in [-0.2, -0.15) is 0 Å². The van der Waals surface area contributed by atoms with Crippen LogP contribution in [-0.2, 0) is 9.59 Å². The largest absolute Gasteiger partial charge is 0.480 e. The molecule has 4 N–H and O–H groups in total. The fourth-order valence-corrected chi connectivity index (χ4v) is 9.00. The Morgan fingerprint density at radius 1 is 1.00 bits per heavy atom. The number of carbonyl (C=O) groups excluding carboxylic acids is 1. The number of carbonyl (C=O) groups is 2. The van der Waals surface area contributed by atoms with E-state index in [1.165, 1.54) is 12.8 Å². The molecule has 0 aromatic heterocycles. The second-order valence-electron chi connectivity index (χ2n) is 12.1. The zero-order valence-electron chi connectivity index (χ0n) is 20.1. The van der Waals surface area contributed by atoms with Crippen molar-refractivity contribution in [1.82, 2.24) is 5.32 Å². The number of carboxylic acids is 1. The van der Waals surface area contributed by atoms with Crippen LogP contribution >= 0.6 is 0 Å². The predicted octanol–water partition coefficient (Wildman–Crippen LogP) is 3.59. The third kappa shape index (κ3) is 4.11. The van der Waals surface area contributed by atoms with Gasteiger partial charge in [0.25, 0.3) is 0 Å². The van der Waals surface area contributed by atoms with Crippen molar-refractivity contribution in [3.05, 3.63) is 0 Å². The van der Waals surface area contributed by atoms with Gasteiger partial charge in [0, 0.05) is 6.42 Å². The summed E-state index contributed by atoms with van der Waals surface area (Å²) >= 11 is 0. The summed E-state index contributed by atoms with van der Waals surface area (Å²) in [6.07, 6.45) is 9.06. The van der Waals surface area contributed by atoms with Gasteiger partial charge in [-0.25, -0.2) is 0 Å². The minimum atomic E-state index is -1.01. The van der Waals surface area contributed by atoms with E-state index in [1.54, 1.807) is 0 Å². The first-order valence-electron chi connectivity index (χ1n) is 12.9. The highest BCUT2D eigenvalue weighted by Crippen LogP contribution is 2.68. The summed E-state index contributed by atoms with van der Waals surface area (Å²) in [4.78, 5) is 22.7. The number of aliphatic hydroxyl groups is 2. The van der Waals surface area contributed by atoms with Crippen LogP contribution in [0.25, 0.3) is 0 Å². The highest BCUT2D eigenvalue weighted by Gasteiger charge is 2.62. The van der Waals surface area contributed by atoms with Crippen molar-refractivity contribution in [2.45, 2.75) is 97.2 Å². The number of carboxylic acid groups (broad SMARTS) is 1. The molecule has 0 aromatic carbocycles. The molecule has 0 spiro atoms. The number of hydrogen-bond acceptors (Lipinski definition) is 4. The van der Waals surface area contributed by atoms with E-state index < -0.39 is 5.97 Å². The van der Waals surface area contributed by atoms with Gasteiger partial charge >= 0.3 is 5.97 Å². The summed E-state index contributed by atoms with van der Waals surface area (Å²) in [5.74, 6) is 1.66. The summed E-state index contributed by atoms with van der Waals surface area (Å²) < 4.78 is 0. The molecule has 6 nitrogen and oxygen atoms in total. The topological polar surface area (TPSA) is 107 Å². The second-order valence-corrected chi connectivity index (χ2v) is 12.1. The normalized spacial score (nSPS) is 46.5. The maximum atomic E-state index is 12.0. The van der Waals surface area contributed by atoms with Crippen molar-refractivity contribution in [3.63, 3.8) is 0 Å². The van der Waals surface area contributed by atoms with E-state index in [4.69, 9.17) is 5.11 Å². The molecule has 0 heterocycles. The van der Waals surface area contributed by atoms with Crippen LogP contribution in [-0.4, -0.2) is 45.9 Å². The van der Waals surface area contributed by atoms with Crippen LogP contribution in [0.15, 0.2) is 0 Å². The van der Waals surface area contributed by atoms with Crippen molar-refractivity contribution in [1.29, 1.82) is 0 Å². The molecule has 0 radical (unpaired) electrons. The predicted molar refractivity (Wildman–Crippen MR) is 122 cm³/mol. The van der Waals surface area contributed by atoms with Crippen LogP contribution in [0.4, 0.5) is 0 Å². The Kier molecular flexibility index (Phi) is 6.68. The van der Waals surface area contributed by atoms with Gasteiger partial charge in [0.1, 0.15) is 6.54 Å². The maximum Gasteiger partial charge on any atom is 0.322 e. The Balaban J connectivity index is 1.44. The molecule has 0 aliphatic heterocycles. The van der Waals surface area contributed by atoms with Crippen LogP contribution in [0.2, 0.25) is 0 Å². The summed E-state index contributed by atoms with van der Waals surface area (Å²) in [5, 5.41) is 32.8. The first kappa shape index (κ1) is 24.0. The van der Waals surface area contributed by atoms with E-state index in [1.807, 2.05) is 0 Å². The fraction of sp³-hybridized carbons (Fsp3) is 0.923. The fourth-order valence-electron chi connectivity index (χ4n) is 9.00. The Labute approximate surface area is 192 Å². The number of rotatable bonds is 6. The molecule has 10 atom stereocenters. The molecule has 4 unspecified atom stereocenters. The number of aliphatic carboxylic acids is 1. The molecule has 4 aliphatic rings. The molecule has 0 saturated heterocycles. The lowest BCUT2D eigenvalue weighted by atomic mass is 9.43. The average Bonchev–Trinajstić information content (AvgIpc) is 3.09. The SMILES string of the molecule is C[C@H](CCC(=O)NCC(=O)O)[C@H]1CCC2C3C(O)C[C@@H]4C[C@H](O)CC[C@]4(C)C3CC[C@@]21C. The highest BCUT2D eigenvalue weighted by atomic mass is 16.4. The Morgan fingerprint density at radius 3 is 2.41 bits per heavy atom. The maximum absolute atomic E-state index is 12.0. The van der Waals surface area contributed by atoms with Gasteiger partial charge < -0.3 is 20.6 Å². The monoisotopic (exact) mass is 449 g/mol. The van der Waals surface area contributed by atoms with E-state index >= 15 is 0 Å². The van der Waals surface area contributed by atoms with E-state index in [0.717, 1.165) is 44.9 Å². The van der Waals surface area contributed by atoms with E-state index in [9.17, 15) is 19.8 Å². The van der Waals surface area contributed by atoms with Crippen molar-refractivity contribution in [2.75, 3.05) is 6.54 Å². The third-order valence-electron chi connectivity index (χ3n) is 10.7. The summed E-state index contributed by atoms with van der Waals surface area (Å²) in [5.41, 5.74) is 0.451. The van der Waals surface area contributed by atoms with E-state index in [-0.39, 0.29) is 35.5 Å². The van der Waals surface area contributed by atoms with E-state index in [2.05, 4.69) is 26.1 Å². The molecule has 6 heteroatoms. The van der Waals surface area contributed by atoms with Gasteiger partial charge in [-0.15, -0.1) is 0 Å². The molecule has 0 aromatic rings. The van der Waals surface area contributed by atoms with Crippen LogP contribution < -0.4 is 5.32 Å². The van der Waals surface area contributed by atoms with Crippen molar-refractivity contribution in [3.8, 4) is 0 Å². The van der Waals surface area contributed by atoms with Gasteiger partial charge in [-0.05, 0) is 104 Å². The number of aliphatic hydroxyl groups excluding tert-OH is 2. The smallest absolute Gasteiger partial charge is 0.322 e. The Hall–Kier alpha value is -1.14. The molecule has 182 valence electrons. The molecular formula is C26H43NO5. The number of fused-ring (bicyclic) bond motifs is 5. The summed E-state index contributed by atoms with van der Waals surface area (Å²) in [7, 11) is 0. The van der Waals surface area contributed by atoms with Crippen LogP contribution in [0.3, 0.4) is 0 Å². The number of hydrogen-bond donors (Lipinski definition) is 4. The molecular weight excluding hydrogens is 406 g/mol. The highest BCUT2D eigenvalue weighted by molar-refractivity contribution is 5.81. The zero-order chi connectivity index (χ0) is 23.3. The van der Waals surface area contributed by atoms with Gasteiger partial charge in [-0.1, -0.05) is 20.8 Å². The second kappa shape index (κ2) is 8.90. The van der Waals surface area contributed by atoms with Gasteiger partial charge in [0.05, 0.1) is 12.2 Å². The average molecular weight is 450 g/mol. The lowest BCUT2D eigenvalue weighted by Crippen LogP contribution is -2.58. The summed E-state index contributed by atoms with van der Waals surface area (Å²) in [6.45, 7) is 6.83. The van der Waals surface area contributed by atoms with Crippen molar-refractivity contribution < 1.29 is 24.9 Å². The van der Waals surface area contributed by atoms with Crippen molar-refractivity contribution >= 4 is 11.9 Å². The molecule has 4 saturated carbocycles. The van der Waals surface area contributed by atoms with Crippen molar-refractivity contribution in [2.24, 2.45) is 46.3 Å². The van der Waals surface area contributed by atoms with Crippen LogP contribution in [0, 0.1) is 46.3 Å². The molecule has 32 heavy (non-hydrogen) atoms. The molecule has 4 fully saturated rings.